The van der Waals surface area contributed by atoms with Gasteiger partial charge in [-0.15, -0.1) is 0 Å². The van der Waals surface area contributed by atoms with Gasteiger partial charge in [-0.3, -0.25) is 0 Å². The molecule has 3 aromatic rings. The molecule has 1 aliphatic heterocycles. The second-order valence-electron chi connectivity index (χ2n) is 5.88. The van der Waals surface area contributed by atoms with Gasteiger partial charge < -0.3 is 14.6 Å². The number of rotatable bonds is 2. The predicted octanol–water partition coefficient (Wildman–Crippen LogP) is 3.37. The third-order valence-electron chi connectivity index (χ3n) is 4.46. The molecule has 0 saturated carbocycles. The Labute approximate surface area is 140 Å². The van der Waals surface area contributed by atoms with Crippen LogP contribution in [0.4, 0.5) is 5.69 Å². The standard InChI is InChI=1S/C18H19ClN4/c1-13-18(21-17-4-2-3-9-23(13)17)15-12-14(5-6-16(15)19)22-10-7-20-8-11-22/h2-6,9,12,20H,7-8,10-11H2,1H3. The highest BCUT2D eigenvalue weighted by Crippen LogP contribution is 2.33. The van der Waals surface area contributed by atoms with Crippen molar-refractivity contribution >= 4 is 22.9 Å². The molecule has 0 amide bonds. The molecule has 1 saturated heterocycles. The molecule has 1 fully saturated rings. The number of aromatic nitrogens is 2. The largest absolute Gasteiger partial charge is 0.369 e. The minimum Gasteiger partial charge on any atom is -0.369 e. The highest BCUT2D eigenvalue weighted by molar-refractivity contribution is 6.33. The Morgan fingerprint density at radius 3 is 2.74 bits per heavy atom. The fourth-order valence-electron chi connectivity index (χ4n) is 3.19. The van der Waals surface area contributed by atoms with Crippen LogP contribution >= 0.6 is 11.6 Å². The molecule has 5 heteroatoms. The van der Waals surface area contributed by atoms with Crippen molar-refractivity contribution in [1.29, 1.82) is 0 Å². The molecule has 0 atom stereocenters. The number of piperazine rings is 1. The number of hydrogen-bond donors (Lipinski definition) is 1. The Hall–Kier alpha value is -2.04. The molecule has 118 valence electrons. The number of nitrogens with one attached hydrogen (secondary N) is 1. The van der Waals surface area contributed by atoms with E-state index in [9.17, 15) is 0 Å². The van der Waals surface area contributed by atoms with Gasteiger partial charge in [-0.05, 0) is 37.3 Å². The van der Waals surface area contributed by atoms with Gasteiger partial charge in [-0.2, -0.15) is 0 Å². The molecule has 23 heavy (non-hydrogen) atoms. The van der Waals surface area contributed by atoms with Crippen molar-refractivity contribution in [2.75, 3.05) is 31.1 Å². The van der Waals surface area contributed by atoms with Crippen LogP contribution in [-0.4, -0.2) is 35.6 Å². The average Bonchev–Trinajstić information content (AvgIpc) is 2.93. The molecule has 1 aliphatic rings. The van der Waals surface area contributed by atoms with Crippen LogP contribution in [0.3, 0.4) is 0 Å². The zero-order chi connectivity index (χ0) is 15.8. The minimum atomic E-state index is 0.746. The Morgan fingerprint density at radius 1 is 1.13 bits per heavy atom. The van der Waals surface area contributed by atoms with E-state index in [0.29, 0.717) is 0 Å². The van der Waals surface area contributed by atoms with Crippen molar-refractivity contribution < 1.29 is 0 Å². The second-order valence-corrected chi connectivity index (χ2v) is 6.28. The van der Waals surface area contributed by atoms with E-state index in [0.717, 1.165) is 53.8 Å². The summed E-state index contributed by atoms with van der Waals surface area (Å²) < 4.78 is 2.10. The van der Waals surface area contributed by atoms with Crippen LogP contribution in [0.5, 0.6) is 0 Å². The van der Waals surface area contributed by atoms with E-state index >= 15 is 0 Å². The summed E-state index contributed by atoms with van der Waals surface area (Å²) in [5, 5.41) is 4.13. The summed E-state index contributed by atoms with van der Waals surface area (Å²) in [5.74, 6) is 0. The van der Waals surface area contributed by atoms with Crippen LogP contribution < -0.4 is 10.2 Å². The van der Waals surface area contributed by atoms with Crippen molar-refractivity contribution in [3.05, 3.63) is 53.3 Å². The third kappa shape index (κ3) is 2.58. The molecule has 3 heterocycles. The number of nitrogens with zero attached hydrogens (tertiary/aromatic N) is 3. The van der Waals surface area contributed by atoms with Gasteiger partial charge in [0.15, 0.2) is 0 Å². The van der Waals surface area contributed by atoms with Crippen LogP contribution in [0.1, 0.15) is 5.69 Å². The van der Waals surface area contributed by atoms with Gasteiger partial charge in [-0.25, -0.2) is 4.98 Å². The van der Waals surface area contributed by atoms with Crippen LogP contribution in [0.25, 0.3) is 16.9 Å². The Kier molecular flexibility index (Phi) is 3.71. The summed E-state index contributed by atoms with van der Waals surface area (Å²) >= 11 is 6.49. The van der Waals surface area contributed by atoms with Gasteiger partial charge in [0.05, 0.1) is 10.7 Å². The summed E-state index contributed by atoms with van der Waals surface area (Å²) in [5.41, 5.74) is 5.23. The van der Waals surface area contributed by atoms with Crippen molar-refractivity contribution in [1.82, 2.24) is 14.7 Å². The molecule has 4 nitrogen and oxygen atoms in total. The number of pyridine rings is 1. The molecule has 0 spiro atoms. The Bertz CT molecular complexity index is 849. The normalized spacial score (nSPS) is 15.3. The summed E-state index contributed by atoms with van der Waals surface area (Å²) in [6.45, 7) is 6.16. The van der Waals surface area contributed by atoms with Crippen molar-refractivity contribution in [3.8, 4) is 11.3 Å². The number of benzene rings is 1. The fraction of sp³-hybridized carbons (Fsp3) is 0.278. The number of halogens is 1. The first-order valence-electron chi connectivity index (χ1n) is 7.93. The maximum atomic E-state index is 6.49. The topological polar surface area (TPSA) is 32.6 Å². The summed E-state index contributed by atoms with van der Waals surface area (Å²) in [6, 6.07) is 12.3. The maximum absolute atomic E-state index is 6.49. The predicted molar refractivity (Wildman–Crippen MR) is 95.5 cm³/mol. The van der Waals surface area contributed by atoms with Gasteiger partial charge in [0.25, 0.3) is 0 Å². The van der Waals surface area contributed by atoms with Gasteiger partial charge >= 0.3 is 0 Å². The molecular weight excluding hydrogens is 308 g/mol. The molecule has 1 N–H and O–H groups in total. The van der Waals surface area contributed by atoms with Gasteiger partial charge in [0.1, 0.15) is 5.65 Å². The van der Waals surface area contributed by atoms with E-state index in [2.05, 4.69) is 33.7 Å². The van der Waals surface area contributed by atoms with E-state index < -0.39 is 0 Å². The van der Waals surface area contributed by atoms with E-state index in [4.69, 9.17) is 16.6 Å². The third-order valence-corrected chi connectivity index (χ3v) is 4.79. The summed E-state index contributed by atoms with van der Waals surface area (Å²) in [4.78, 5) is 7.17. The van der Waals surface area contributed by atoms with E-state index in [1.165, 1.54) is 5.69 Å². The SMILES string of the molecule is Cc1c(-c2cc(N3CCNCC3)ccc2Cl)nc2ccccn12. The first kappa shape index (κ1) is 14.5. The molecule has 4 rings (SSSR count). The zero-order valence-corrected chi connectivity index (χ0v) is 13.8. The fourth-order valence-corrected chi connectivity index (χ4v) is 3.39. The molecular formula is C18H19ClN4. The lowest BCUT2D eigenvalue weighted by molar-refractivity contribution is 0.589. The highest BCUT2D eigenvalue weighted by Gasteiger charge is 2.16. The van der Waals surface area contributed by atoms with Crippen molar-refractivity contribution in [3.63, 3.8) is 0 Å². The van der Waals surface area contributed by atoms with Crippen LogP contribution in [0, 0.1) is 6.92 Å². The zero-order valence-electron chi connectivity index (χ0n) is 13.1. The molecule has 1 aromatic carbocycles. The Balaban J connectivity index is 1.81. The smallest absolute Gasteiger partial charge is 0.137 e. The average molecular weight is 327 g/mol. The van der Waals surface area contributed by atoms with Crippen LogP contribution in [-0.2, 0) is 0 Å². The summed E-state index contributed by atoms with van der Waals surface area (Å²) in [6.07, 6.45) is 2.04. The van der Waals surface area contributed by atoms with Crippen molar-refractivity contribution in [2.24, 2.45) is 0 Å². The van der Waals surface area contributed by atoms with E-state index in [1.54, 1.807) is 0 Å². The number of aryl methyl sites for hydroxylation is 1. The molecule has 0 radical (unpaired) electrons. The Morgan fingerprint density at radius 2 is 1.96 bits per heavy atom. The van der Waals surface area contributed by atoms with Gasteiger partial charge in [0.2, 0.25) is 0 Å². The second kappa shape index (κ2) is 5.87. The maximum Gasteiger partial charge on any atom is 0.137 e. The molecule has 0 unspecified atom stereocenters. The van der Waals surface area contributed by atoms with Gasteiger partial charge in [0, 0.05) is 49.3 Å². The lowest BCUT2D eigenvalue weighted by Gasteiger charge is -2.29. The first-order valence-corrected chi connectivity index (χ1v) is 8.31. The van der Waals surface area contributed by atoms with Crippen LogP contribution in [0.15, 0.2) is 42.6 Å². The van der Waals surface area contributed by atoms with Crippen molar-refractivity contribution in [2.45, 2.75) is 6.92 Å². The number of imidazole rings is 1. The molecule has 2 aromatic heterocycles. The first-order chi connectivity index (χ1) is 11.2. The van der Waals surface area contributed by atoms with Gasteiger partial charge in [-0.1, -0.05) is 17.7 Å². The number of fused-ring (bicyclic) bond motifs is 1. The highest BCUT2D eigenvalue weighted by atomic mass is 35.5. The lowest BCUT2D eigenvalue weighted by Crippen LogP contribution is -2.43. The number of anilines is 1. The minimum absolute atomic E-state index is 0.746. The van der Waals surface area contributed by atoms with E-state index in [1.807, 2.05) is 30.5 Å². The molecule has 0 bridgehead atoms. The number of hydrogen-bond acceptors (Lipinski definition) is 3. The molecule has 0 aliphatic carbocycles. The lowest BCUT2D eigenvalue weighted by atomic mass is 10.1. The quantitative estimate of drug-likeness (QED) is 0.783. The van der Waals surface area contributed by atoms with Crippen LogP contribution in [0.2, 0.25) is 5.02 Å². The monoisotopic (exact) mass is 326 g/mol. The van der Waals surface area contributed by atoms with E-state index in [-0.39, 0.29) is 0 Å². The summed E-state index contributed by atoms with van der Waals surface area (Å²) in [7, 11) is 0.